The van der Waals surface area contributed by atoms with E-state index >= 15 is 0 Å². The summed E-state index contributed by atoms with van der Waals surface area (Å²) in [5.41, 5.74) is 2.52. The van der Waals surface area contributed by atoms with Crippen molar-refractivity contribution in [2.45, 2.75) is 19.3 Å². The average molecular weight is 217 g/mol. The van der Waals surface area contributed by atoms with Crippen molar-refractivity contribution in [3.63, 3.8) is 0 Å². The lowest BCUT2D eigenvalue weighted by atomic mass is 10.0. The van der Waals surface area contributed by atoms with Gasteiger partial charge < -0.3 is 10.4 Å². The molecule has 0 atom stereocenters. The van der Waals surface area contributed by atoms with Gasteiger partial charge in [0.05, 0.1) is 0 Å². The minimum atomic E-state index is -0.892. The molecule has 0 aliphatic carbocycles. The van der Waals surface area contributed by atoms with Gasteiger partial charge >= 0.3 is 5.97 Å². The molecule has 0 fully saturated rings. The monoisotopic (exact) mass is 217 g/mol. The highest BCUT2D eigenvalue weighted by Crippen LogP contribution is 2.16. The van der Waals surface area contributed by atoms with Crippen LogP contribution < -0.4 is 5.32 Å². The lowest BCUT2D eigenvalue weighted by molar-refractivity contribution is -0.132. The zero-order valence-electron chi connectivity index (χ0n) is 9.07. The Hall–Kier alpha value is -1.77. The smallest absolute Gasteiger partial charge is 0.351 e. The summed E-state index contributed by atoms with van der Waals surface area (Å²) in [5.74, 6) is -0.892. The molecule has 84 valence electrons. The molecular formula is C13H15NO2. The molecule has 0 amide bonds. The molecule has 0 aromatic heterocycles. The molecule has 0 spiro atoms. The molecule has 16 heavy (non-hydrogen) atoms. The maximum absolute atomic E-state index is 11.0. The van der Waals surface area contributed by atoms with Crippen LogP contribution in [0.5, 0.6) is 0 Å². The molecule has 0 unspecified atom stereocenters. The zero-order chi connectivity index (χ0) is 11.4. The summed E-state index contributed by atoms with van der Waals surface area (Å²) in [6.07, 6.45) is 4.83. The molecule has 1 aromatic carbocycles. The molecule has 0 saturated heterocycles. The van der Waals surface area contributed by atoms with Gasteiger partial charge in [-0.1, -0.05) is 24.3 Å². The van der Waals surface area contributed by atoms with Crippen LogP contribution in [0.25, 0.3) is 6.08 Å². The van der Waals surface area contributed by atoms with E-state index < -0.39 is 5.97 Å². The van der Waals surface area contributed by atoms with Gasteiger partial charge in [-0.15, -0.1) is 0 Å². The highest BCUT2D eigenvalue weighted by atomic mass is 16.4. The van der Waals surface area contributed by atoms with Gasteiger partial charge in [-0.2, -0.15) is 0 Å². The molecule has 0 saturated carbocycles. The number of fused-ring (bicyclic) bond motifs is 1. The summed E-state index contributed by atoms with van der Waals surface area (Å²) in [6.45, 7) is 0.728. The Labute approximate surface area is 94.8 Å². The Morgan fingerprint density at radius 3 is 2.88 bits per heavy atom. The van der Waals surface area contributed by atoms with Gasteiger partial charge in [-0.05, 0) is 36.5 Å². The Bertz CT molecular complexity index is 424. The van der Waals surface area contributed by atoms with E-state index in [-0.39, 0.29) is 5.70 Å². The normalized spacial score (nSPS) is 19.1. The Morgan fingerprint density at radius 2 is 2.06 bits per heavy atom. The Morgan fingerprint density at radius 1 is 1.25 bits per heavy atom. The molecule has 2 rings (SSSR count). The summed E-state index contributed by atoms with van der Waals surface area (Å²) in [7, 11) is 0. The number of hydrogen-bond acceptors (Lipinski definition) is 2. The number of carboxylic acid groups (broad SMARTS) is 1. The van der Waals surface area contributed by atoms with Crippen molar-refractivity contribution in [1.82, 2.24) is 5.32 Å². The van der Waals surface area contributed by atoms with Gasteiger partial charge in [0.25, 0.3) is 0 Å². The quantitative estimate of drug-likeness (QED) is 0.756. The van der Waals surface area contributed by atoms with E-state index in [4.69, 9.17) is 5.11 Å². The molecular weight excluding hydrogens is 202 g/mol. The highest BCUT2D eigenvalue weighted by molar-refractivity contribution is 5.91. The first-order chi connectivity index (χ1) is 7.77. The number of aliphatic carboxylic acids is 1. The van der Waals surface area contributed by atoms with Gasteiger partial charge in [-0.25, -0.2) is 4.79 Å². The van der Waals surface area contributed by atoms with Crippen molar-refractivity contribution in [3.05, 3.63) is 41.1 Å². The first-order valence-corrected chi connectivity index (χ1v) is 5.54. The predicted molar refractivity (Wildman–Crippen MR) is 63.0 cm³/mol. The third kappa shape index (κ3) is 2.42. The molecule has 0 bridgehead atoms. The topological polar surface area (TPSA) is 49.3 Å². The van der Waals surface area contributed by atoms with E-state index in [1.165, 1.54) is 5.56 Å². The predicted octanol–water partition coefficient (Wildman–Crippen LogP) is 2.04. The van der Waals surface area contributed by atoms with Gasteiger partial charge in [0, 0.05) is 6.54 Å². The van der Waals surface area contributed by atoms with Gasteiger partial charge in [0.1, 0.15) is 5.70 Å². The fraction of sp³-hybridized carbons (Fsp3) is 0.308. The van der Waals surface area contributed by atoms with Crippen LogP contribution in [0, 0.1) is 0 Å². The fourth-order valence-corrected chi connectivity index (χ4v) is 1.91. The number of nitrogens with one attached hydrogen (secondary N) is 1. The SMILES string of the molecule is O=C(O)/C1=C/c2ccccc2CCCCN1. The Balaban J connectivity index is 2.40. The van der Waals surface area contributed by atoms with Gasteiger partial charge in [0.2, 0.25) is 0 Å². The lowest BCUT2D eigenvalue weighted by Gasteiger charge is -2.05. The van der Waals surface area contributed by atoms with Crippen LogP contribution in [0.2, 0.25) is 0 Å². The van der Waals surface area contributed by atoms with Crippen molar-refractivity contribution in [1.29, 1.82) is 0 Å². The van der Waals surface area contributed by atoms with E-state index in [9.17, 15) is 4.79 Å². The van der Waals surface area contributed by atoms with Crippen molar-refractivity contribution in [3.8, 4) is 0 Å². The van der Waals surface area contributed by atoms with Crippen molar-refractivity contribution in [2.24, 2.45) is 0 Å². The van der Waals surface area contributed by atoms with E-state index in [1.807, 2.05) is 18.2 Å². The van der Waals surface area contributed by atoms with Crippen LogP contribution >= 0.6 is 0 Å². The molecule has 1 aliphatic heterocycles. The number of benzene rings is 1. The summed E-state index contributed by atoms with van der Waals surface area (Å²) in [4.78, 5) is 11.0. The molecule has 3 heteroatoms. The number of carbonyl (C=O) groups is 1. The second kappa shape index (κ2) is 4.84. The van der Waals surface area contributed by atoms with E-state index in [1.54, 1.807) is 6.08 Å². The van der Waals surface area contributed by atoms with Crippen LogP contribution in [0.15, 0.2) is 30.0 Å². The standard InChI is InChI=1S/C13H15NO2/c15-13(16)12-9-11-7-2-1-5-10(11)6-3-4-8-14-12/h1-2,5,7,9,14H,3-4,6,8H2,(H,15,16)/b12-9-. The number of carboxylic acids is 1. The molecule has 2 N–H and O–H groups in total. The van der Waals surface area contributed by atoms with E-state index in [0.29, 0.717) is 0 Å². The lowest BCUT2D eigenvalue weighted by Crippen LogP contribution is -2.20. The number of hydrogen-bond donors (Lipinski definition) is 2. The fourth-order valence-electron chi connectivity index (χ4n) is 1.91. The maximum Gasteiger partial charge on any atom is 0.351 e. The van der Waals surface area contributed by atoms with Crippen LogP contribution in [-0.4, -0.2) is 17.6 Å². The second-order valence-electron chi connectivity index (χ2n) is 3.95. The first-order valence-electron chi connectivity index (χ1n) is 5.54. The number of rotatable bonds is 1. The van der Waals surface area contributed by atoms with Crippen molar-refractivity contribution in [2.75, 3.05) is 6.54 Å². The maximum atomic E-state index is 11.0. The molecule has 0 radical (unpaired) electrons. The Kier molecular flexibility index (Phi) is 3.25. The molecule has 1 aliphatic rings. The van der Waals surface area contributed by atoms with Crippen LogP contribution in [0.4, 0.5) is 0 Å². The number of aryl methyl sites for hydroxylation is 1. The minimum absolute atomic E-state index is 0.286. The summed E-state index contributed by atoms with van der Waals surface area (Å²) < 4.78 is 0. The minimum Gasteiger partial charge on any atom is -0.477 e. The third-order valence-corrected chi connectivity index (χ3v) is 2.77. The summed E-state index contributed by atoms with van der Waals surface area (Å²) in [6, 6.07) is 7.97. The van der Waals surface area contributed by atoms with E-state index in [2.05, 4.69) is 11.4 Å². The van der Waals surface area contributed by atoms with Gasteiger partial charge in [0.15, 0.2) is 0 Å². The van der Waals surface area contributed by atoms with Crippen LogP contribution in [0.3, 0.4) is 0 Å². The molecule has 1 aromatic rings. The first kappa shape index (κ1) is 10.7. The highest BCUT2D eigenvalue weighted by Gasteiger charge is 2.10. The third-order valence-electron chi connectivity index (χ3n) is 2.77. The van der Waals surface area contributed by atoms with Crippen LogP contribution in [-0.2, 0) is 11.2 Å². The van der Waals surface area contributed by atoms with Crippen LogP contribution in [0.1, 0.15) is 24.0 Å². The molecule has 1 heterocycles. The average Bonchev–Trinajstić information content (AvgIpc) is 2.38. The van der Waals surface area contributed by atoms with Gasteiger partial charge in [-0.3, -0.25) is 0 Å². The molecule has 3 nitrogen and oxygen atoms in total. The largest absolute Gasteiger partial charge is 0.477 e. The van der Waals surface area contributed by atoms with Crippen molar-refractivity contribution >= 4 is 12.0 Å². The summed E-state index contributed by atoms with van der Waals surface area (Å²) in [5, 5.41) is 12.0. The zero-order valence-corrected chi connectivity index (χ0v) is 9.07. The van der Waals surface area contributed by atoms with Crippen molar-refractivity contribution < 1.29 is 9.90 Å². The second-order valence-corrected chi connectivity index (χ2v) is 3.95. The summed E-state index contributed by atoms with van der Waals surface area (Å²) >= 11 is 0. The van der Waals surface area contributed by atoms with E-state index in [0.717, 1.165) is 31.4 Å².